The third kappa shape index (κ3) is 6.89. The zero-order valence-electron chi connectivity index (χ0n) is 11.2. The fourth-order valence-corrected chi connectivity index (χ4v) is 1.45. The highest BCUT2D eigenvalue weighted by Gasteiger charge is 2.28. The first-order valence-electron chi connectivity index (χ1n) is 6.28. The number of allylic oxidation sites excluding steroid dienone is 3. The molecular weight excluding hydrogens is 232 g/mol. The van der Waals surface area contributed by atoms with Gasteiger partial charge in [0.05, 0.1) is 13.2 Å². The lowest BCUT2D eigenvalue weighted by molar-refractivity contribution is -0.161. The van der Waals surface area contributed by atoms with Gasteiger partial charge in [-0.05, 0) is 33.1 Å². The molecule has 0 aromatic rings. The van der Waals surface area contributed by atoms with E-state index in [1.165, 1.54) is 0 Å². The molecule has 0 aliphatic carbocycles. The molecule has 4 heteroatoms. The first-order chi connectivity index (χ1) is 8.67. The minimum atomic E-state index is -0.804. The van der Waals surface area contributed by atoms with Gasteiger partial charge in [-0.25, -0.2) is 0 Å². The number of hydrogen-bond donors (Lipinski definition) is 0. The molecule has 0 atom stereocenters. The van der Waals surface area contributed by atoms with Gasteiger partial charge in [-0.3, -0.25) is 9.59 Å². The Morgan fingerprint density at radius 1 is 1.17 bits per heavy atom. The van der Waals surface area contributed by atoms with Crippen molar-refractivity contribution in [2.45, 2.75) is 33.1 Å². The number of esters is 2. The van der Waals surface area contributed by atoms with Crippen LogP contribution in [0.3, 0.4) is 0 Å². The fourth-order valence-electron chi connectivity index (χ4n) is 1.45. The molecule has 0 aromatic heterocycles. The van der Waals surface area contributed by atoms with Crippen molar-refractivity contribution < 1.29 is 19.1 Å². The lowest BCUT2D eigenvalue weighted by atomic mass is 10.0. The highest BCUT2D eigenvalue weighted by atomic mass is 16.6. The van der Waals surface area contributed by atoms with Gasteiger partial charge in [0.25, 0.3) is 0 Å². The van der Waals surface area contributed by atoms with E-state index in [2.05, 4.69) is 6.58 Å². The zero-order valence-corrected chi connectivity index (χ0v) is 11.2. The van der Waals surface area contributed by atoms with E-state index in [0.29, 0.717) is 6.42 Å². The summed E-state index contributed by atoms with van der Waals surface area (Å²) in [5.74, 6) is -1.80. The van der Waals surface area contributed by atoms with Crippen LogP contribution in [0.4, 0.5) is 0 Å². The Kier molecular flexibility index (Phi) is 9.64. The van der Waals surface area contributed by atoms with E-state index in [1.54, 1.807) is 19.9 Å². The summed E-state index contributed by atoms with van der Waals surface area (Å²) in [5, 5.41) is 0. The Labute approximate surface area is 109 Å². The van der Waals surface area contributed by atoms with Gasteiger partial charge in [0.1, 0.15) is 0 Å². The van der Waals surface area contributed by atoms with E-state index < -0.39 is 17.9 Å². The van der Waals surface area contributed by atoms with Gasteiger partial charge < -0.3 is 9.47 Å². The maximum Gasteiger partial charge on any atom is 0.320 e. The van der Waals surface area contributed by atoms with Crippen LogP contribution in [0.2, 0.25) is 0 Å². The molecule has 102 valence electrons. The quantitative estimate of drug-likeness (QED) is 0.275. The third-order valence-electron chi connectivity index (χ3n) is 2.28. The number of carbonyl (C=O) groups excluding carboxylic acids is 2. The number of unbranched alkanes of at least 4 members (excludes halogenated alkanes) is 1. The maximum atomic E-state index is 11.6. The van der Waals surface area contributed by atoms with Crippen molar-refractivity contribution in [3.63, 3.8) is 0 Å². The van der Waals surface area contributed by atoms with Crippen molar-refractivity contribution in [2.24, 2.45) is 5.92 Å². The van der Waals surface area contributed by atoms with Gasteiger partial charge in [-0.2, -0.15) is 0 Å². The molecule has 0 unspecified atom stereocenters. The molecule has 0 saturated carbocycles. The first-order valence-corrected chi connectivity index (χ1v) is 6.28. The standard InChI is InChI=1S/C14H22O4/c1-4-7-8-9-10-11-12(13(15)17-5-2)14(16)18-6-3/h4,7-8,12H,1,5-6,9-11H2,2-3H3/b8-7+. The summed E-state index contributed by atoms with van der Waals surface area (Å²) in [7, 11) is 0. The van der Waals surface area contributed by atoms with Crippen molar-refractivity contribution >= 4 is 11.9 Å². The first kappa shape index (κ1) is 16.4. The molecule has 0 saturated heterocycles. The van der Waals surface area contributed by atoms with Crippen LogP contribution >= 0.6 is 0 Å². The summed E-state index contributed by atoms with van der Waals surface area (Å²) < 4.78 is 9.75. The highest BCUT2D eigenvalue weighted by Crippen LogP contribution is 2.13. The van der Waals surface area contributed by atoms with Gasteiger partial charge in [0.15, 0.2) is 5.92 Å². The molecule has 0 radical (unpaired) electrons. The zero-order chi connectivity index (χ0) is 13.8. The van der Waals surface area contributed by atoms with Crippen LogP contribution in [0.15, 0.2) is 24.8 Å². The molecule has 0 bridgehead atoms. The summed E-state index contributed by atoms with van der Waals surface area (Å²) in [4.78, 5) is 23.2. The molecule has 0 spiro atoms. The van der Waals surface area contributed by atoms with Gasteiger partial charge in [0, 0.05) is 0 Å². The van der Waals surface area contributed by atoms with Gasteiger partial charge in [0.2, 0.25) is 0 Å². The summed E-state index contributed by atoms with van der Waals surface area (Å²) in [5.41, 5.74) is 0. The summed E-state index contributed by atoms with van der Waals surface area (Å²) in [6.07, 6.45) is 7.44. The summed E-state index contributed by atoms with van der Waals surface area (Å²) in [6.45, 7) is 7.53. The number of hydrogen-bond acceptors (Lipinski definition) is 4. The summed E-state index contributed by atoms with van der Waals surface area (Å²) >= 11 is 0. The molecule has 0 fully saturated rings. The van der Waals surface area contributed by atoms with Crippen LogP contribution in [0.25, 0.3) is 0 Å². The molecule has 0 aliphatic heterocycles. The fraction of sp³-hybridized carbons (Fsp3) is 0.571. The van der Waals surface area contributed by atoms with Crippen molar-refractivity contribution in [3.8, 4) is 0 Å². The van der Waals surface area contributed by atoms with Gasteiger partial charge in [-0.15, -0.1) is 0 Å². The molecule has 0 amide bonds. The average molecular weight is 254 g/mol. The number of rotatable bonds is 9. The SMILES string of the molecule is C=C/C=C/CCCC(C(=O)OCC)C(=O)OCC. The monoisotopic (exact) mass is 254 g/mol. The van der Waals surface area contributed by atoms with Crippen LogP contribution in [0.1, 0.15) is 33.1 Å². The van der Waals surface area contributed by atoms with Crippen molar-refractivity contribution in [2.75, 3.05) is 13.2 Å². The Morgan fingerprint density at radius 3 is 2.17 bits per heavy atom. The van der Waals surface area contributed by atoms with Gasteiger partial charge in [-0.1, -0.05) is 24.8 Å². The van der Waals surface area contributed by atoms with Crippen molar-refractivity contribution in [1.29, 1.82) is 0 Å². The van der Waals surface area contributed by atoms with E-state index in [0.717, 1.165) is 12.8 Å². The van der Waals surface area contributed by atoms with Crippen LogP contribution in [0, 0.1) is 5.92 Å². The topological polar surface area (TPSA) is 52.6 Å². The normalized spacial score (nSPS) is 10.6. The molecule has 0 aromatic carbocycles. The van der Waals surface area contributed by atoms with E-state index in [1.807, 2.05) is 12.2 Å². The summed E-state index contributed by atoms with van der Waals surface area (Å²) in [6, 6.07) is 0. The number of ether oxygens (including phenoxy) is 2. The largest absolute Gasteiger partial charge is 0.465 e. The Bertz CT molecular complexity index is 276. The lowest BCUT2D eigenvalue weighted by Gasteiger charge is -2.13. The second kappa shape index (κ2) is 10.6. The van der Waals surface area contributed by atoms with Crippen molar-refractivity contribution in [3.05, 3.63) is 24.8 Å². The van der Waals surface area contributed by atoms with Crippen molar-refractivity contribution in [1.82, 2.24) is 0 Å². The van der Waals surface area contributed by atoms with E-state index in [9.17, 15) is 9.59 Å². The van der Waals surface area contributed by atoms with Gasteiger partial charge >= 0.3 is 11.9 Å². The molecular formula is C14H22O4. The molecule has 0 N–H and O–H groups in total. The predicted octanol–water partition coefficient (Wildman–Crippen LogP) is 2.64. The second-order valence-electron chi connectivity index (χ2n) is 3.65. The lowest BCUT2D eigenvalue weighted by Crippen LogP contribution is -2.28. The molecule has 0 rings (SSSR count). The second-order valence-corrected chi connectivity index (χ2v) is 3.65. The molecule has 18 heavy (non-hydrogen) atoms. The average Bonchev–Trinajstić information content (AvgIpc) is 2.34. The molecule has 0 aliphatic rings. The smallest absolute Gasteiger partial charge is 0.320 e. The van der Waals surface area contributed by atoms with E-state index >= 15 is 0 Å². The van der Waals surface area contributed by atoms with E-state index in [4.69, 9.17) is 9.47 Å². The molecule has 4 nitrogen and oxygen atoms in total. The maximum absolute atomic E-state index is 11.6. The van der Waals surface area contributed by atoms with E-state index in [-0.39, 0.29) is 13.2 Å². The van der Waals surface area contributed by atoms with Crippen LogP contribution in [0.5, 0.6) is 0 Å². The van der Waals surface area contributed by atoms with Crippen LogP contribution in [-0.4, -0.2) is 25.2 Å². The Hall–Kier alpha value is -1.58. The predicted molar refractivity (Wildman–Crippen MR) is 69.9 cm³/mol. The highest BCUT2D eigenvalue weighted by molar-refractivity contribution is 5.94. The number of carbonyl (C=O) groups is 2. The van der Waals surface area contributed by atoms with Crippen LogP contribution in [-0.2, 0) is 19.1 Å². The minimum Gasteiger partial charge on any atom is -0.465 e. The third-order valence-corrected chi connectivity index (χ3v) is 2.28. The Balaban J connectivity index is 4.28. The minimum absolute atomic E-state index is 0.269. The Morgan fingerprint density at radius 2 is 1.72 bits per heavy atom. The van der Waals surface area contributed by atoms with Crippen LogP contribution < -0.4 is 0 Å². The molecule has 0 heterocycles.